The lowest BCUT2D eigenvalue weighted by Gasteiger charge is -2.71. The number of halogens is 3. The second-order valence-corrected chi connectivity index (χ2v) is 17.8. The van der Waals surface area contributed by atoms with Crippen LogP contribution in [0.2, 0.25) is 0 Å². The Morgan fingerprint density at radius 1 is 0.875 bits per heavy atom. The van der Waals surface area contributed by atoms with Gasteiger partial charge in [-0.25, -0.2) is 0 Å². The van der Waals surface area contributed by atoms with Gasteiger partial charge >= 0.3 is 6.36 Å². The smallest absolute Gasteiger partial charge is 0.406 e. The number of aliphatic hydroxyl groups is 4. The van der Waals surface area contributed by atoms with Crippen molar-refractivity contribution < 1.29 is 43.1 Å². The number of nitrogens with zero attached hydrogens (tertiary/aromatic N) is 1. The monoisotopic (exact) mass is 771 g/mol. The molecule has 0 aromatic heterocycles. The number of allylic oxidation sites excluding steroid dienone is 4. The quantitative estimate of drug-likeness (QED) is 0.116. The van der Waals surface area contributed by atoms with Gasteiger partial charge in [-0.2, -0.15) is 0 Å². The molecular weight excluding hydrogens is 720 g/mol. The minimum absolute atomic E-state index is 0.0224. The van der Waals surface area contributed by atoms with E-state index in [0.717, 1.165) is 36.0 Å². The van der Waals surface area contributed by atoms with Gasteiger partial charge in [0.25, 0.3) is 0 Å². The van der Waals surface area contributed by atoms with Gasteiger partial charge in [-0.15, -0.1) is 13.2 Å². The topological polar surface area (TPSA) is 110 Å². The summed E-state index contributed by atoms with van der Waals surface area (Å²) in [6, 6.07) is 23.4. The third-order valence-electron chi connectivity index (χ3n) is 14.9. The number of fused-ring (bicyclic) bond motifs is 1. The summed E-state index contributed by atoms with van der Waals surface area (Å²) in [6.07, 6.45) is 5.12. The Kier molecular flexibility index (Phi) is 9.72. The fourth-order valence-corrected chi connectivity index (χ4v) is 12.2. The summed E-state index contributed by atoms with van der Waals surface area (Å²) in [5, 5.41) is 44.5. The van der Waals surface area contributed by atoms with Crippen LogP contribution in [0.25, 0.3) is 11.1 Å². The molecule has 9 rings (SSSR count). The first-order valence-corrected chi connectivity index (χ1v) is 20.0. The minimum atomic E-state index is -4.81. The van der Waals surface area contributed by atoms with E-state index < -0.39 is 47.0 Å². The number of rotatable bonds is 11. The lowest BCUT2D eigenvalue weighted by Crippen LogP contribution is -2.67. The number of hydrogen-bond donors (Lipinski definition) is 4. The van der Waals surface area contributed by atoms with Crippen molar-refractivity contribution >= 4 is 5.78 Å². The van der Waals surface area contributed by atoms with Gasteiger partial charge < -0.3 is 25.2 Å². The maximum absolute atomic E-state index is 15.1. The van der Waals surface area contributed by atoms with Crippen LogP contribution in [-0.2, 0) is 6.54 Å². The van der Waals surface area contributed by atoms with Gasteiger partial charge in [-0.05, 0) is 91.0 Å². The molecule has 0 heterocycles. The molecule has 6 aliphatic rings. The average molecular weight is 772 g/mol. The predicted octanol–water partition coefficient (Wildman–Crippen LogP) is 7.88. The zero-order valence-corrected chi connectivity index (χ0v) is 32.0. The Morgan fingerprint density at radius 2 is 1.52 bits per heavy atom. The van der Waals surface area contributed by atoms with Crippen LogP contribution >= 0.6 is 0 Å². The van der Waals surface area contributed by atoms with E-state index in [1.165, 1.54) is 24.3 Å². The first kappa shape index (κ1) is 39.0. The van der Waals surface area contributed by atoms with Crippen LogP contribution in [0.1, 0.15) is 74.7 Å². The number of alkyl halides is 3. The maximum Gasteiger partial charge on any atom is 0.573 e. The van der Waals surface area contributed by atoms with Crippen LogP contribution in [0.15, 0.2) is 103 Å². The molecule has 56 heavy (non-hydrogen) atoms. The van der Waals surface area contributed by atoms with Crippen molar-refractivity contribution in [3.8, 4) is 16.9 Å². The summed E-state index contributed by atoms with van der Waals surface area (Å²) in [5.41, 5.74) is 0.900. The fourth-order valence-electron chi connectivity index (χ4n) is 12.2. The average Bonchev–Trinajstić information content (AvgIpc) is 3.44. The van der Waals surface area contributed by atoms with E-state index in [1.807, 2.05) is 59.5 Å². The van der Waals surface area contributed by atoms with Gasteiger partial charge in [0.1, 0.15) is 5.75 Å². The second kappa shape index (κ2) is 13.9. The normalized spacial score (nSPS) is 35.0. The highest BCUT2D eigenvalue weighted by Gasteiger charge is 2.74. The Morgan fingerprint density at radius 3 is 2.20 bits per heavy atom. The third-order valence-corrected chi connectivity index (χ3v) is 14.9. The lowest BCUT2D eigenvalue weighted by atomic mass is 9.32. The number of carbonyl (C=O) groups excluding carboxylic acids is 1. The molecule has 9 atom stereocenters. The molecular formula is C46H52F3NO6. The molecule has 3 fully saturated rings. The molecule has 3 saturated carbocycles. The van der Waals surface area contributed by atoms with Crippen molar-refractivity contribution in [2.75, 3.05) is 19.7 Å². The predicted molar refractivity (Wildman–Crippen MR) is 206 cm³/mol. The summed E-state index contributed by atoms with van der Waals surface area (Å²) < 4.78 is 42.6. The molecule has 3 aromatic carbocycles. The zero-order chi connectivity index (χ0) is 39.7. The second-order valence-electron chi connectivity index (χ2n) is 17.8. The molecule has 0 aliphatic heterocycles. The highest BCUT2D eigenvalue weighted by Crippen LogP contribution is 2.78. The standard InChI is InChI=1S/C46H52F3NO6/c1-41-19-16-34(52)24-43(41)22-23-45(37(25-43)40(54)33-12-10-32(11-13-33)31-6-4-3-5-7-31)38(41)17-20-42(2)39(45)18-21-44(42,55)29-50(27-35(53)28-51)26-30-8-14-36(15-9-30)56-46(47,48)49/h3-15,22-23,25,34-35,38-39,51-53,55H,16-21,24,26-29H2,1-2H3. The zero-order valence-electron chi connectivity index (χ0n) is 32.0. The van der Waals surface area contributed by atoms with E-state index in [1.54, 1.807) is 0 Å². The summed E-state index contributed by atoms with van der Waals surface area (Å²) in [7, 11) is 0. The van der Waals surface area contributed by atoms with Gasteiger partial charge in [-0.3, -0.25) is 9.69 Å². The van der Waals surface area contributed by atoms with Crippen molar-refractivity contribution in [3.05, 3.63) is 114 Å². The molecule has 7 nitrogen and oxygen atoms in total. The molecule has 6 aliphatic carbocycles. The first-order chi connectivity index (χ1) is 26.5. The number of aliphatic hydroxyl groups excluding tert-OH is 3. The summed E-state index contributed by atoms with van der Waals surface area (Å²) in [5.74, 6) is -0.345. The molecule has 0 radical (unpaired) electrons. The Labute approximate surface area is 326 Å². The van der Waals surface area contributed by atoms with E-state index in [2.05, 4.69) is 36.8 Å². The van der Waals surface area contributed by atoms with E-state index in [-0.39, 0.29) is 48.4 Å². The maximum atomic E-state index is 15.1. The Bertz CT molecular complexity index is 2000. The number of ketones is 1. The van der Waals surface area contributed by atoms with Crippen LogP contribution in [0.4, 0.5) is 13.2 Å². The highest BCUT2D eigenvalue weighted by atomic mass is 19.4. The van der Waals surface area contributed by atoms with Crippen LogP contribution in [0.5, 0.6) is 5.75 Å². The van der Waals surface area contributed by atoms with E-state index in [4.69, 9.17) is 0 Å². The largest absolute Gasteiger partial charge is 0.573 e. The van der Waals surface area contributed by atoms with E-state index in [9.17, 15) is 33.6 Å². The van der Waals surface area contributed by atoms with Crippen molar-refractivity contribution in [1.82, 2.24) is 4.90 Å². The highest BCUT2D eigenvalue weighted by molar-refractivity contribution is 6.10. The van der Waals surface area contributed by atoms with Crippen molar-refractivity contribution in [1.29, 1.82) is 0 Å². The van der Waals surface area contributed by atoms with E-state index in [0.29, 0.717) is 36.8 Å². The number of carbonyl (C=O) groups is 1. The molecule has 3 aromatic rings. The summed E-state index contributed by atoms with van der Waals surface area (Å²) in [4.78, 5) is 17.0. The number of Topliss-reactive ketones (excluding diaryl/α,β-unsaturated/α-hetero) is 1. The molecule has 0 amide bonds. The number of hydrogen-bond acceptors (Lipinski definition) is 7. The van der Waals surface area contributed by atoms with E-state index >= 15 is 4.79 Å². The van der Waals surface area contributed by atoms with Crippen molar-refractivity contribution in [2.24, 2.45) is 33.5 Å². The summed E-state index contributed by atoms with van der Waals surface area (Å²) in [6.45, 7) is 4.42. The number of ether oxygens (including phenoxy) is 1. The number of benzene rings is 3. The molecule has 9 unspecified atom stereocenters. The molecule has 2 bridgehead atoms. The fraction of sp³-hybridized carbons (Fsp3) is 0.500. The Hall–Kier alpha value is -3.80. The van der Waals surface area contributed by atoms with Gasteiger partial charge in [0.05, 0.1) is 24.4 Å². The first-order valence-electron chi connectivity index (χ1n) is 20.0. The van der Waals surface area contributed by atoms with Crippen LogP contribution in [0.3, 0.4) is 0 Å². The SMILES string of the molecule is CC12CCC(O)CC13C=CC1(C(C(=O)c4ccc(-c5ccccc5)cc4)=C3)C2CCC2(C)C1CCC2(O)CN(Cc1ccc(OC(F)(F)F)cc1)CC(O)CO. The minimum Gasteiger partial charge on any atom is -0.406 e. The van der Waals surface area contributed by atoms with Crippen molar-refractivity contribution in [2.45, 2.75) is 89.5 Å². The van der Waals surface area contributed by atoms with Crippen molar-refractivity contribution in [3.63, 3.8) is 0 Å². The molecule has 2 spiro atoms. The Balaban J connectivity index is 1.14. The van der Waals surface area contributed by atoms with Crippen LogP contribution in [-0.4, -0.2) is 75.0 Å². The van der Waals surface area contributed by atoms with Gasteiger partial charge in [0.15, 0.2) is 5.78 Å². The molecule has 0 saturated heterocycles. The molecule has 10 heteroatoms. The lowest BCUT2D eigenvalue weighted by molar-refractivity contribution is -0.274. The van der Waals surface area contributed by atoms with Gasteiger partial charge in [-0.1, -0.05) is 98.8 Å². The molecule has 298 valence electrons. The summed E-state index contributed by atoms with van der Waals surface area (Å²) >= 11 is 0. The molecule has 4 N–H and O–H groups in total. The van der Waals surface area contributed by atoms with Crippen LogP contribution in [0, 0.1) is 33.5 Å². The van der Waals surface area contributed by atoms with Gasteiger partial charge in [0, 0.05) is 47.0 Å². The third kappa shape index (κ3) is 6.27. The van der Waals surface area contributed by atoms with Gasteiger partial charge in [0.2, 0.25) is 0 Å². The van der Waals surface area contributed by atoms with Crippen LogP contribution < -0.4 is 4.74 Å².